The van der Waals surface area contributed by atoms with Crippen LogP contribution in [-0.4, -0.2) is 37.4 Å². The third kappa shape index (κ3) is 4.29. The van der Waals surface area contributed by atoms with Crippen molar-refractivity contribution in [3.8, 4) is 0 Å². The van der Waals surface area contributed by atoms with Crippen LogP contribution >= 0.6 is 11.3 Å². The number of fused-ring (bicyclic) bond motifs is 2. The highest BCUT2D eigenvalue weighted by Gasteiger charge is 2.60. The van der Waals surface area contributed by atoms with Crippen LogP contribution in [0.1, 0.15) is 52.0 Å². The van der Waals surface area contributed by atoms with Crippen molar-refractivity contribution in [1.82, 2.24) is 4.98 Å². The molecule has 0 bridgehead atoms. The van der Waals surface area contributed by atoms with Gasteiger partial charge in [-0.15, -0.1) is 11.3 Å². The molecule has 37 heavy (non-hydrogen) atoms. The van der Waals surface area contributed by atoms with Crippen LogP contribution in [0.4, 0.5) is 0 Å². The van der Waals surface area contributed by atoms with Crippen molar-refractivity contribution in [3.05, 3.63) is 89.9 Å². The van der Waals surface area contributed by atoms with Gasteiger partial charge in [-0.05, 0) is 47.8 Å². The van der Waals surface area contributed by atoms with Crippen LogP contribution in [0.2, 0.25) is 5.04 Å². The molecule has 1 aliphatic heterocycles. The van der Waals surface area contributed by atoms with Crippen LogP contribution in [0.3, 0.4) is 0 Å². The van der Waals surface area contributed by atoms with Gasteiger partial charge in [0.2, 0.25) is 0 Å². The minimum absolute atomic E-state index is 0.0845. The maximum Gasteiger partial charge on any atom is 0.261 e. The minimum Gasteiger partial charge on any atom is -0.402 e. The van der Waals surface area contributed by atoms with Gasteiger partial charge in [0.25, 0.3) is 8.32 Å². The second-order valence-corrected chi connectivity index (χ2v) is 17.1. The van der Waals surface area contributed by atoms with Gasteiger partial charge in [0.15, 0.2) is 5.79 Å². The van der Waals surface area contributed by atoms with Gasteiger partial charge in [0.1, 0.15) is 6.10 Å². The van der Waals surface area contributed by atoms with E-state index in [9.17, 15) is 0 Å². The second kappa shape index (κ2) is 9.14. The standard InChI is InChI=1S/C31H35NO3SSi/c1-30(2,3)37(21-14-8-6-9-15-21,22-16-10-7-11-17-22)35-25-20-23(27-28(25)34-31(4,5)33-27)29-32-24-18-12-13-19-26(24)36-29/h6-19,23,25,27-28H,20H2,1-5H3/t23-,25+,27+,28-/m0/s1. The molecule has 0 N–H and O–H groups in total. The van der Waals surface area contributed by atoms with Crippen molar-refractivity contribution in [2.24, 2.45) is 0 Å². The van der Waals surface area contributed by atoms with E-state index in [0.717, 1.165) is 16.9 Å². The molecule has 4 aromatic rings. The van der Waals surface area contributed by atoms with Crippen LogP contribution in [0.25, 0.3) is 10.2 Å². The van der Waals surface area contributed by atoms with E-state index in [0.29, 0.717) is 0 Å². The van der Waals surface area contributed by atoms with E-state index < -0.39 is 14.1 Å². The number of aromatic nitrogens is 1. The van der Waals surface area contributed by atoms with Gasteiger partial charge in [0.05, 0.1) is 27.4 Å². The molecule has 3 aromatic carbocycles. The Balaban J connectivity index is 1.45. The zero-order chi connectivity index (χ0) is 25.8. The Bertz CT molecular complexity index is 1310. The summed E-state index contributed by atoms with van der Waals surface area (Å²) < 4.78 is 21.9. The van der Waals surface area contributed by atoms with E-state index in [-0.39, 0.29) is 29.3 Å². The summed E-state index contributed by atoms with van der Waals surface area (Å²) in [6, 6.07) is 30.1. The molecule has 2 heterocycles. The SMILES string of the molecule is CC1(C)O[C@@H]2[C@H](O1)[C@@H](c1nc3ccccc3s1)C[C@H]2O[Si](c1ccccc1)(c1ccccc1)C(C)(C)C. The summed E-state index contributed by atoms with van der Waals surface area (Å²) in [5.74, 6) is -0.523. The largest absolute Gasteiger partial charge is 0.402 e. The van der Waals surface area contributed by atoms with Crippen molar-refractivity contribution >= 4 is 40.2 Å². The molecule has 0 unspecified atom stereocenters. The average molecular weight is 530 g/mol. The average Bonchev–Trinajstić information content (AvgIpc) is 3.53. The smallest absolute Gasteiger partial charge is 0.261 e. The summed E-state index contributed by atoms with van der Waals surface area (Å²) in [6.07, 6.45) is 0.498. The summed E-state index contributed by atoms with van der Waals surface area (Å²) in [5, 5.41) is 3.58. The van der Waals surface area contributed by atoms with Crippen molar-refractivity contribution in [1.29, 1.82) is 0 Å². The predicted octanol–water partition coefficient (Wildman–Crippen LogP) is 6.25. The highest BCUT2D eigenvalue weighted by molar-refractivity contribution is 7.18. The molecule has 4 atom stereocenters. The number of hydrogen-bond donors (Lipinski definition) is 0. The first-order valence-corrected chi connectivity index (χ1v) is 15.9. The van der Waals surface area contributed by atoms with Crippen molar-refractivity contribution < 1.29 is 13.9 Å². The fraction of sp³-hybridized carbons (Fsp3) is 0.387. The summed E-state index contributed by atoms with van der Waals surface area (Å²) in [5.41, 5.74) is 1.05. The number of benzene rings is 3. The fourth-order valence-electron chi connectivity index (χ4n) is 6.26. The minimum atomic E-state index is -2.74. The Hall–Kier alpha value is -2.35. The second-order valence-electron chi connectivity index (χ2n) is 11.7. The van der Waals surface area contributed by atoms with E-state index in [2.05, 4.69) is 106 Å². The molecular weight excluding hydrogens is 494 g/mol. The molecule has 0 spiro atoms. The number of hydrogen-bond acceptors (Lipinski definition) is 5. The Morgan fingerprint density at radius 1 is 0.838 bits per heavy atom. The monoisotopic (exact) mass is 529 g/mol. The lowest BCUT2D eigenvalue weighted by Crippen LogP contribution is -2.68. The molecular formula is C31H35NO3SSi. The third-order valence-electron chi connectivity index (χ3n) is 7.79. The molecule has 6 rings (SSSR count). The van der Waals surface area contributed by atoms with E-state index in [1.54, 1.807) is 11.3 Å². The quantitative estimate of drug-likeness (QED) is 0.287. The van der Waals surface area contributed by atoms with E-state index in [1.807, 2.05) is 13.8 Å². The Labute approximate surface area is 224 Å². The summed E-state index contributed by atoms with van der Waals surface area (Å²) in [7, 11) is -2.74. The topological polar surface area (TPSA) is 40.6 Å². The van der Waals surface area contributed by atoms with Crippen LogP contribution in [0, 0.1) is 0 Å². The van der Waals surface area contributed by atoms with Gasteiger partial charge in [-0.2, -0.15) is 0 Å². The highest BCUT2D eigenvalue weighted by atomic mass is 32.1. The van der Waals surface area contributed by atoms with Crippen LogP contribution < -0.4 is 10.4 Å². The van der Waals surface area contributed by atoms with E-state index in [1.165, 1.54) is 15.1 Å². The first-order valence-electron chi connectivity index (χ1n) is 13.2. The maximum atomic E-state index is 7.58. The Kier molecular flexibility index (Phi) is 6.16. The zero-order valence-corrected chi connectivity index (χ0v) is 24.0. The molecule has 1 aliphatic carbocycles. The molecule has 4 nitrogen and oxygen atoms in total. The van der Waals surface area contributed by atoms with Crippen molar-refractivity contribution in [3.63, 3.8) is 0 Å². The third-order valence-corrected chi connectivity index (χ3v) is 14.0. The normalized spacial score (nSPS) is 25.4. The fourth-order valence-corrected chi connectivity index (χ4v) is 12.1. The van der Waals surface area contributed by atoms with Crippen LogP contribution in [0.5, 0.6) is 0 Å². The van der Waals surface area contributed by atoms with E-state index in [4.69, 9.17) is 18.9 Å². The van der Waals surface area contributed by atoms with Gasteiger partial charge in [-0.1, -0.05) is 93.6 Å². The molecule has 6 heteroatoms. The van der Waals surface area contributed by atoms with Crippen molar-refractivity contribution in [2.75, 3.05) is 0 Å². The Morgan fingerprint density at radius 2 is 1.41 bits per heavy atom. The van der Waals surface area contributed by atoms with Crippen LogP contribution in [0.15, 0.2) is 84.9 Å². The summed E-state index contributed by atoms with van der Waals surface area (Å²) in [4.78, 5) is 5.04. The first-order chi connectivity index (χ1) is 17.7. The highest BCUT2D eigenvalue weighted by Crippen LogP contribution is 2.50. The molecule has 2 fully saturated rings. The van der Waals surface area contributed by atoms with E-state index >= 15 is 0 Å². The van der Waals surface area contributed by atoms with Gasteiger partial charge >= 0.3 is 0 Å². The molecule has 1 saturated carbocycles. The van der Waals surface area contributed by atoms with Gasteiger partial charge in [0, 0.05) is 5.92 Å². The molecule has 1 saturated heterocycles. The molecule has 192 valence electrons. The number of nitrogens with zero attached hydrogens (tertiary/aromatic N) is 1. The van der Waals surface area contributed by atoms with Crippen LogP contribution in [-0.2, 0) is 13.9 Å². The number of thiazole rings is 1. The van der Waals surface area contributed by atoms with Gasteiger partial charge < -0.3 is 13.9 Å². The lowest BCUT2D eigenvalue weighted by Gasteiger charge is -2.45. The maximum absolute atomic E-state index is 7.58. The summed E-state index contributed by atoms with van der Waals surface area (Å²) in [6.45, 7) is 11.0. The zero-order valence-electron chi connectivity index (χ0n) is 22.2. The molecule has 1 aromatic heterocycles. The van der Waals surface area contributed by atoms with Gasteiger partial charge in [-0.3, -0.25) is 0 Å². The first kappa shape index (κ1) is 25.0. The van der Waals surface area contributed by atoms with Crippen molar-refractivity contribution in [2.45, 2.75) is 76.1 Å². The lowest BCUT2D eigenvalue weighted by molar-refractivity contribution is -0.162. The number of para-hydroxylation sites is 1. The summed E-state index contributed by atoms with van der Waals surface area (Å²) >= 11 is 1.77. The molecule has 2 aliphatic rings. The molecule has 0 radical (unpaired) electrons. The Morgan fingerprint density at radius 3 is 2.00 bits per heavy atom. The molecule has 0 amide bonds. The lowest BCUT2D eigenvalue weighted by atomic mass is 10.1. The number of rotatable bonds is 5. The predicted molar refractivity (Wildman–Crippen MR) is 153 cm³/mol. The number of ether oxygens (including phenoxy) is 2. The van der Waals surface area contributed by atoms with Gasteiger partial charge in [-0.25, -0.2) is 4.98 Å².